The number of nitrogens with one attached hydrogen (secondary N) is 2. The van der Waals surface area contributed by atoms with E-state index in [9.17, 15) is 9.59 Å². The van der Waals surface area contributed by atoms with Crippen molar-refractivity contribution in [1.82, 2.24) is 15.2 Å². The number of carbonyl (C=O) groups is 1. The van der Waals surface area contributed by atoms with Crippen LogP contribution in [-0.4, -0.2) is 24.1 Å². The number of benzene rings is 1. The molecule has 2 rings (SSSR count). The Morgan fingerprint density at radius 2 is 1.84 bits per heavy atom. The summed E-state index contributed by atoms with van der Waals surface area (Å²) in [5.74, 6) is 0.991. The molecule has 0 saturated heterocycles. The SMILES string of the molecule is C=C(NC)c1cc(C(=O)NCCCC(CCC)CCC)cn(Cc2cccc(C)c2/C=C\C(C)C)c1=O. The topological polar surface area (TPSA) is 63.1 Å². The third-order valence-corrected chi connectivity index (χ3v) is 6.85. The van der Waals surface area contributed by atoms with Crippen LogP contribution in [0.25, 0.3) is 11.8 Å². The average Bonchev–Trinajstić information content (AvgIpc) is 2.86. The molecule has 0 unspecified atom stereocenters. The fourth-order valence-corrected chi connectivity index (χ4v) is 4.76. The number of nitrogens with zero attached hydrogens (tertiary/aromatic N) is 1. The van der Waals surface area contributed by atoms with Gasteiger partial charge in [0.15, 0.2) is 0 Å². The van der Waals surface area contributed by atoms with Crippen molar-refractivity contribution in [3.05, 3.63) is 81.3 Å². The predicted octanol–water partition coefficient (Wildman–Crippen LogP) is 6.79. The minimum Gasteiger partial charge on any atom is -0.388 e. The first-order valence-corrected chi connectivity index (χ1v) is 13.9. The van der Waals surface area contributed by atoms with Crippen molar-refractivity contribution in [2.45, 2.75) is 79.7 Å². The maximum atomic E-state index is 13.4. The average molecular weight is 506 g/mol. The van der Waals surface area contributed by atoms with Gasteiger partial charge in [-0.2, -0.15) is 0 Å². The molecule has 202 valence electrons. The predicted molar refractivity (Wildman–Crippen MR) is 158 cm³/mol. The zero-order valence-corrected chi connectivity index (χ0v) is 23.8. The molecule has 0 spiro atoms. The van der Waals surface area contributed by atoms with Crippen LogP contribution < -0.4 is 16.2 Å². The van der Waals surface area contributed by atoms with Gasteiger partial charge in [0.25, 0.3) is 11.5 Å². The quantitative estimate of drug-likeness (QED) is 0.262. The number of allylic oxidation sites excluding steroid dienone is 1. The maximum absolute atomic E-state index is 13.4. The Kier molecular flexibility index (Phi) is 12.4. The fraction of sp³-hybridized carbons (Fsp3) is 0.500. The summed E-state index contributed by atoms with van der Waals surface area (Å²) in [5, 5.41) is 6.04. The van der Waals surface area contributed by atoms with Crippen molar-refractivity contribution >= 4 is 17.7 Å². The molecule has 5 nitrogen and oxygen atoms in total. The van der Waals surface area contributed by atoms with Gasteiger partial charge in [0, 0.05) is 25.5 Å². The Bertz CT molecular complexity index is 1120. The van der Waals surface area contributed by atoms with Gasteiger partial charge in [0.2, 0.25) is 0 Å². The van der Waals surface area contributed by atoms with Crippen molar-refractivity contribution in [1.29, 1.82) is 0 Å². The molecule has 2 N–H and O–H groups in total. The van der Waals surface area contributed by atoms with Crippen LogP contribution in [0.15, 0.2) is 47.9 Å². The highest BCUT2D eigenvalue weighted by molar-refractivity contribution is 5.94. The van der Waals surface area contributed by atoms with Crippen LogP contribution in [-0.2, 0) is 6.54 Å². The summed E-state index contributed by atoms with van der Waals surface area (Å²) in [4.78, 5) is 26.5. The fourth-order valence-electron chi connectivity index (χ4n) is 4.76. The van der Waals surface area contributed by atoms with E-state index < -0.39 is 0 Å². The summed E-state index contributed by atoms with van der Waals surface area (Å²) in [6.07, 6.45) is 13.0. The first kappa shape index (κ1) is 30.1. The first-order chi connectivity index (χ1) is 17.7. The van der Waals surface area contributed by atoms with Crippen molar-refractivity contribution < 1.29 is 4.79 Å². The largest absolute Gasteiger partial charge is 0.388 e. The Morgan fingerprint density at radius 3 is 2.46 bits per heavy atom. The molecule has 1 heterocycles. The van der Waals surface area contributed by atoms with E-state index in [1.807, 2.05) is 12.1 Å². The Labute approximate surface area is 224 Å². The lowest BCUT2D eigenvalue weighted by Gasteiger charge is -2.16. The summed E-state index contributed by atoms with van der Waals surface area (Å²) < 4.78 is 1.63. The molecular formula is C32H47N3O2. The molecule has 1 amide bonds. The lowest BCUT2D eigenvalue weighted by Crippen LogP contribution is -2.31. The molecule has 1 aromatic carbocycles. The van der Waals surface area contributed by atoms with Gasteiger partial charge in [0.1, 0.15) is 0 Å². The number of aromatic nitrogens is 1. The van der Waals surface area contributed by atoms with Gasteiger partial charge >= 0.3 is 0 Å². The van der Waals surface area contributed by atoms with Crippen molar-refractivity contribution in [2.75, 3.05) is 13.6 Å². The van der Waals surface area contributed by atoms with E-state index in [-0.39, 0.29) is 11.5 Å². The van der Waals surface area contributed by atoms with E-state index in [0.29, 0.717) is 35.8 Å². The summed E-state index contributed by atoms with van der Waals surface area (Å²) in [7, 11) is 1.73. The molecule has 0 aliphatic heterocycles. The van der Waals surface area contributed by atoms with Gasteiger partial charge in [-0.25, -0.2) is 0 Å². The highest BCUT2D eigenvalue weighted by atomic mass is 16.2. The molecule has 2 aromatic rings. The van der Waals surface area contributed by atoms with Crippen LogP contribution in [0.2, 0.25) is 0 Å². The standard InChI is InChI=1S/C32H47N3O2/c1-8-12-26(13-9-2)15-11-19-34-31(36)28-20-30(25(6)33-7)32(37)35(22-28)21-27-16-10-14-24(5)29(27)18-17-23(3)4/h10,14,16-18,20,22-23,26,33H,6,8-9,11-13,15,19,21H2,1-5,7H3,(H,34,36)/b18-17-. The summed E-state index contributed by atoms with van der Waals surface area (Å²) >= 11 is 0. The summed E-state index contributed by atoms with van der Waals surface area (Å²) in [5.41, 5.74) is 4.51. The second-order valence-electron chi connectivity index (χ2n) is 10.4. The van der Waals surface area contributed by atoms with Crippen LogP contribution >= 0.6 is 0 Å². The number of rotatable bonds is 15. The molecule has 37 heavy (non-hydrogen) atoms. The second kappa shape index (κ2) is 15.2. The Morgan fingerprint density at radius 1 is 1.14 bits per heavy atom. The van der Waals surface area contributed by atoms with Crippen molar-refractivity contribution in [2.24, 2.45) is 11.8 Å². The van der Waals surface area contributed by atoms with E-state index in [2.05, 4.69) is 70.0 Å². The van der Waals surface area contributed by atoms with Gasteiger partial charge in [-0.15, -0.1) is 0 Å². The van der Waals surface area contributed by atoms with Crippen LogP contribution in [0.5, 0.6) is 0 Å². The van der Waals surface area contributed by atoms with Gasteiger partial charge in [0.05, 0.1) is 17.7 Å². The number of hydrogen-bond acceptors (Lipinski definition) is 3. The number of amides is 1. The summed E-state index contributed by atoms with van der Waals surface area (Å²) in [6, 6.07) is 7.79. The summed E-state index contributed by atoms with van der Waals surface area (Å²) in [6.45, 7) is 15.8. The third-order valence-electron chi connectivity index (χ3n) is 6.85. The van der Waals surface area contributed by atoms with Gasteiger partial charge in [-0.05, 0) is 54.4 Å². The van der Waals surface area contributed by atoms with E-state index in [1.54, 1.807) is 23.9 Å². The number of carbonyl (C=O) groups excluding carboxylic acids is 1. The first-order valence-electron chi connectivity index (χ1n) is 13.9. The molecule has 5 heteroatoms. The van der Waals surface area contributed by atoms with E-state index in [1.165, 1.54) is 25.7 Å². The van der Waals surface area contributed by atoms with Crippen LogP contribution in [0.1, 0.15) is 98.8 Å². The van der Waals surface area contributed by atoms with Gasteiger partial charge in [-0.3, -0.25) is 9.59 Å². The molecule has 0 bridgehead atoms. The minimum absolute atomic E-state index is 0.161. The lowest BCUT2D eigenvalue weighted by atomic mass is 9.93. The Balaban J connectivity index is 2.31. The molecule has 0 atom stereocenters. The van der Waals surface area contributed by atoms with E-state index in [4.69, 9.17) is 0 Å². The molecule has 0 fully saturated rings. The number of pyridine rings is 1. The van der Waals surface area contributed by atoms with Gasteiger partial charge in [-0.1, -0.05) is 90.3 Å². The van der Waals surface area contributed by atoms with Crippen LogP contribution in [0, 0.1) is 18.8 Å². The smallest absolute Gasteiger partial charge is 0.260 e. The highest BCUT2D eigenvalue weighted by Crippen LogP contribution is 2.20. The van der Waals surface area contributed by atoms with E-state index in [0.717, 1.165) is 35.4 Å². The zero-order chi connectivity index (χ0) is 27.4. The second-order valence-corrected chi connectivity index (χ2v) is 10.4. The highest BCUT2D eigenvalue weighted by Gasteiger charge is 2.16. The molecule has 0 saturated carbocycles. The molecule has 1 aromatic heterocycles. The molecule has 0 aliphatic carbocycles. The normalized spacial score (nSPS) is 11.5. The maximum Gasteiger partial charge on any atom is 0.260 e. The van der Waals surface area contributed by atoms with Gasteiger partial charge < -0.3 is 15.2 Å². The van der Waals surface area contributed by atoms with E-state index >= 15 is 0 Å². The molecule has 0 radical (unpaired) electrons. The van der Waals surface area contributed by atoms with Crippen molar-refractivity contribution in [3.8, 4) is 0 Å². The number of aryl methyl sites for hydroxylation is 1. The van der Waals surface area contributed by atoms with Crippen molar-refractivity contribution in [3.63, 3.8) is 0 Å². The molecular weight excluding hydrogens is 458 g/mol. The minimum atomic E-state index is -0.168. The Hall–Kier alpha value is -3.08. The van der Waals surface area contributed by atoms with Crippen LogP contribution in [0.3, 0.4) is 0 Å². The number of hydrogen-bond donors (Lipinski definition) is 2. The monoisotopic (exact) mass is 505 g/mol. The van der Waals surface area contributed by atoms with Crippen LogP contribution in [0.4, 0.5) is 0 Å². The molecule has 0 aliphatic rings. The lowest BCUT2D eigenvalue weighted by molar-refractivity contribution is 0.0951. The zero-order valence-electron chi connectivity index (χ0n) is 23.8. The third kappa shape index (κ3) is 9.07.